The van der Waals surface area contributed by atoms with E-state index in [1.165, 1.54) is 12.1 Å². The molecule has 0 saturated carbocycles. The summed E-state index contributed by atoms with van der Waals surface area (Å²) in [6.07, 6.45) is 1.60. The van der Waals surface area contributed by atoms with E-state index in [9.17, 15) is 14.0 Å². The molecule has 0 bridgehead atoms. The number of imide groups is 1. The monoisotopic (exact) mass is 471 g/mol. The van der Waals surface area contributed by atoms with Crippen LogP contribution in [0.1, 0.15) is 43.0 Å². The van der Waals surface area contributed by atoms with Gasteiger partial charge in [0.1, 0.15) is 5.82 Å². The zero-order valence-electron chi connectivity index (χ0n) is 18.4. The van der Waals surface area contributed by atoms with Crippen molar-refractivity contribution in [3.63, 3.8) is 0 Å². The van der Waals surface area contributed by atoms with Crippen LogP contribution in [0.2, 0.25) is 5.02 Å². The van der Waals surface area contributed by atoms with Gasteiger partial charge in [-0.3, -0.25) is 14.6 Å². The van der Waals surface area contributed by atoms with Crippen molar-refractivity contribution in [2.75, 3.05) is 0 Å². The average molecular weight is 472 g/mol. The summed E-state index contributed by atoms with van der Waals surface area (Å²) in [7, 11) is 0. The van der Waals surface area contributed by atoms with E-state index < -0.39 is 11.8 Å². The number of nitrogens with zero attached hydrogens (tertiary/aromatic N) is 2. The number of hydrogen-bond acceptors (Lipinski definition) is 4. The van der Waals surface area contributed by atoms with E-state index >= 15 is 0 Å². The van der Waals surface area contributed by atoms with E-state index in [2.05, 4.69) is 16.8 Å². The van der Waals surface area contributed by atoms with Crippen molar-refractivity contribution in [1.82, 2.24) is 9.99 Å². The molecule has 0 fully saturated rings. The molecule has 168 valence electrons. The fourth-order valence-electron chi connectivity index (χ4n) is 3.45. The molecule has 0 radical (unpaired) electrons. The highest BCUT2D eigenvalue weighted by atomic mass is 35.5. The molecule has 0 aliphatic heterocycles. The molecule has 4 rings (SSSR count). The van der Waals surface area contributed by atoms with Gasteiger partial charge >= 0.3 is 0 Å². The Bertz CT molecular complexity index is 1500. The maximum atomic E-state index is 13.5. The fourth-order valence-corrected chi connectivity index (χ4v) is 3.76. The molecule has 2 N–H and O–H groups in total. The lowest BCUT2D eigenvalue weighted by Crippen LogP contribution is -2.43. The van der Waals surface area contributed by atoms with Gasteiger partial charge in [0.05, 0.1) is 16.1 Å². The molecule has 7 heteroatoms. The molecule has 34 heavy (non-hydrogen) atoms. The average Bonchev–Trinajstić information content (AvgIpc) is 2.82. The molecule has 4 aromatic rings. The lowest BCUT2D eigenvalue weighted by molar-refractivity contribution is 0.0615. The van der Waals surface area contributed by atoms with Gasteiger partial charge < -0.3 is 0 Å². The number of amides is 2. The van der Waals surface area contributed by atoms with E-state index in [0.29, 0.717) is 32.6 Å². The van der Waals surface area contributed by atoms with Crippen molar-refractivity contribution in [3.05, 3.63) is 111 Å². The topological polar surface area (TPSA) is 76.3 Å². The highest BCUT2D eigenvalue weighted by Gasteiger charge is 2.24. The van der Waals surface area contributed by atoms with Crippen LogP contribution in [0.3, 0.4) is 0 Å². The smallest absolute Gasteiger partial charge is 0.267 e. The summed E-state index contributed by atoms with van der Waals surface area (Å²) in [6, 6.07) is 16.0. The van der Waals surface area contributed by atoms with Gasteiger partial charge in [0.25, 0.3) is 11.8 Å². The van der Waals surface area contributed by atoms with Gasteiger partial charge in [-0.25, -0.2) is 15.2 Å². The van der Waals surface area contributed by atoms with Gasteiger partial charge in [-0.2, -0.15) is 0 Å². The van der Waals surface area contributed by atoms with Crippen LogP contribution >= 0.6 is 11.6 Å². The summed E-state index contributed by atoms with van der Waals surface area (Å²) in [4.78, 5) is 30.1. The summed E-state index contributed by atoms with van der Waals surface area (Å²) >= 11 is 6.15. The van der Waals surface area contributed by atoms with E-state index in [0.717, 1.165) is 5.56 Å². The van der Waals surface area contributed by atoms with Gasteiger partial charge in [0.15, 0.2) is 0 Å². The maximum absolute atomic E-state index is 13.5. The second kappa shape index (κ2) is 9.44. The number of hydrogen-bond donors (Lipinski definition) is 1. The number of fused-ring (bicyclic) bond motifs is 1. The highest BCUT2D eigenvalue weighted by molar-refractivity contribution is 6.34. The third kappa shape index (κ3) is 4.67. The number of nitrogens with two attached hydrogens (primary N) is 1. The van der Waals surface area contributed by atoms with E-state index in [1.54, 1.807) is 61.7 Å². The SMILES string of the molecule is Cc1ccc(C(=O)N(N)C(=O)c2c(C)cccc2Cl)cc1C#Cc1cnc2ccc(F)cc2c1. The first kappa shape index (κ1) is 23.1. The quantitative estimate of drug-likeness (QED) is 0.143. The molecule has 1 heterocycles. The molecule has 2 amide bonds. The van der Waals surface area contributed by atoms with Gasteiger partial charge in [-0.1, -0.05) is 41.6 Å². The number of halogens is 2. The summed E-state index contributed by atoms with van der Waals surface area (Å²) in [6.45, 7) is 3.57. The van der Waals surface area contributed by atoms with Gasteiger partial charge in [-0.05, 0) is 67.4 Å². The van der Waals surface area contributed by atoms with E-state index in [4.69, 9.17) is 17.4 Å². The minimum absolute atomic E-state index is 0.174. The molecule has 3 aromatic carbocycles. The Balaban J connectivity index is 1.63. The second-order valence-electron chi connectivity index (χ2n) is 7.75. The Morgan fingerprint density at radius 3 is 2.53 bits per heavy atom. The number of rotatable bonds is 2. The molecule has 0 atom stereocenters. The number of carbonyl (C=O) groups is 2. The molecule has 0 aliphatic carbocycles. The Morgan fingerprint density at radius 2 is 1.76 bits per heavy atom. The van der Waals surface area contributed by atoms with Crippen molar-refractivity contribution >= 4 is 34.3 Å². The van der Waals surface area contributed by atoms with Gasteiger partial charge in [0, 0.05) is 28.3 Å². The third-order valence-corrected chi connectivity index (χ3v) is 5.66. The van der Waals surface area contributed by atoms with Crippen LogP contribution in [0.25, 0.3) is 10.9 Å². The van der Waals surface area contributed by atoms with Crippen LogP contribution in [0.5, 0.6) is 0 Å². The molecule has 0 aliphatic rings. The molecule has 1 aromatic heterocycles. The van der Waals surface area contributed by atoms with Crippen molar-refractivity contribution < 1.29 is 14.0 Å². The van der Waals surface area contributed by atoms with Crippen LogP contribution in [-0.4, -0.2) is 21.8 Å². The Kier molecular flexibility index (Phi) is 6.42. The third-order valence-electron chi connectivity index (χ3n) is 5.34. The lowest BCUT2D eigenvalue weighted by Gasteiger charge is -2.17. The predicted octanol–water partition coefficient (Wildman–Crippen LogP) is 5.20. The van der Waals surface area contributed by atoms with Crippen molar-refractivity contribution in [2.24, 2.45) is 5.84 Å². The summed E-state index contributed by atoms with van der Waals surface area (Å²) in [5, 5.41) is 1.41. The van der Waals surface area contributed by atoms with Crippen LogP contribution in [0.4, 0.5) is 4.39 Å². The van der Waals surface area contributed by atoms with Crippen LogP contribution in [0.15, 0.2) is 66.9 Å². The second-order valence-corrected chi connectivity index (χ2v) is 8.16. The standard InChI is InChI=1S/C27H19ClFN3O2/c1-16-6-8-20(26(33)32(30)27(34)25-17(2)4-3-5-23(25)28)13-19(16)9-7-18-12-21-14-22(29)10-11-24(21)31-15-18/h3-6,8,10-15H,30H2,1-2H3. The normalized spacial score (nSPS) is 10.5. The minimum Gasteiger partial charge on any atom is -0.267 e. The molecule has 5 nitrogen and oxygen atoms in total. The van der Waals surface area contributed by atoms with E-state index in [-0.39, 0.29) is 22.0 Å². The molecule has 0 saturated heterocycles. The molecule has 0 unspecified atom stereocenters. The number of pyridine rings is 1. The van der Waals surface area contributed by atoms with Crippen molar-refractivity contribution in [1.29, 1.82) is 0 Å². The van der Waals surface area contributed by atoms with Gasteiger partial charge in [0.2, 0.25) is 0 Å². The number of hydrazine groups is 1. The highest BCUT2D eigenvalue weighted by Crippen LogP contribution is 2.22. The van der Waals surface area contributed by atoms with Crippen molar-refractivity contribution in [3.8, 4) is 11.8 Å². The number of aromatic nitrogens is 1. The van der Waals surface area contributed by atoms with Crippen LogP contribution in [0, 0.1) is 31.5 Å². The summed E-state index contributed by atoms with van der Waals surface area (Å²) in [5.41, 5.74) is 3.67. The molecular weight excluding hydrogens is 453 g/mol. The minimum atomic E-state index is -0.698. The molecular formula is C27H19ClFN3O2. The van der Waals surface area contributed by atoms with Crippen LogP contribution < -0.4 is 5.84 Å². The number of aryl methyl sites for hydroxylation is 2. The van der Waals surface area contributed by atoms with E-state index in [1.807, 2.05) is 6.92 Å². The zero-order valence-corrected chi connectivity index (χ0v) is 19.2. The van der Waals surface area contributed by atoms with Crippen molar-refractivity contribution in [2.45, 2.75) is 13.8 Å². The maximum Gasteiger partial charge on any atom is 0.276 e. The largest absolute Gasteiger partial charge is 0.276 e. The summed E-state index contributed by atoms with van der Waals surface area (Å²) in [5.74, 6) is 10.2. The Morgan fingerprint density at radius 1 is 0.971 bits per heavy atom. The summed E-state index contributed by atoms with van der Waals surface area (Å²) < 4.78 is 13.5. The number of carbonyl (C=O) groups excluding carboxylic acids is 2. The zero-order chi connectivity index (χ0) is 24.4. The Hall–Kier alpha value is -4.05. The predicted molar refractivity (Wildman–Crippen MR) is 130 cm³/mol. The number of benzene rings is 3. The fraction of sp³-hybridized carbons (Fsp3) is 0.0741. The molecule has 0 spiro atoms. The van der Waals surface area contributed by atoms with Gasteiger partial charge in [-0.15, -0.1) is 0 Å². The van der Waals surface area contributed by atoms with Crippen LogP contribution in [-0.2, 0) is 0 Å². The first-order chi connectivity index (χ1) is 16.2. The first-order valence-corrected chi connectivity index (χ1v) is 10.7. The Labute approximate surface area is 200 Å². The first-order valence-electron chi connectivity index (χ1n) is 10.3. The lowest BCUT2D eigenvalue weighted by atomic mass is 10.0.